The van der Waals surface area contributed by atoms with Gasteiger partial charge in [-0.05, 0) is 17.7 Å². The number of hydrogen-bond donors (Lipinski definition) is 1. The summed E-state index contributed by atoms with van der Waals surface area (Å²) in [6, 6.07) is 4.19. The van der Waals surface area contributed by atoms with Crippen molar-refractivity contribution < 1.29 is 8.78 Å². The van der Waals surface area contributed by atoms with E-state index in [1.807, 2.05) is 13.8 Å². The van der Waals surface area contributed by atoms with Crippen molar-refractivity contribution in [1.29, 1.82) is 0 Å². The molecule has 1 aromatic heterocycles. The zero-order valence-corrected chi connectivity index (χ0v) is 10.9. The summed E-state index contributed by atoms with van der Waals surface area (Å²) in [5.41, 5.74) is 1.46. The average molecular weight is 266 g/mol. The van der Waals surface area contributed by atoms with Gasteiger partial charge in [0.25, 0.3) is 0 Å². The Labute approximate surface area is 110 Å². The number of nitrogens with zero attached hydrogens (tertiary/aromatic N) is 3. The first kappa shape index (κ1) is 13.6. The standard InChI is InChI=1S/C13H16F2N4/c1-9(2)16-6-11-8-19(18-17-11)7-10-3-4-12(14)13(15)5-10/h3-5,8-9,16H,6-7H2,1-2H3. The first-order valence-corrected chi connectivity index (χ1v) is 6.11. The van der Waals surface area contributed by atoms with E-state index in [1.54, 1.807) is 10.9 Å². The number of rotatable bonds is 5. The van der Waals surface area contributed by atoms with E-state index in [0.717, 1.165) is 11.8 Å². The van der Waals surface area contributed by atoms with Crippen LogP contribution in [0.1, 0.15) is 25.1 Å². The molecule has 102 valence electrons. The zero-order valence-electron chi connectivity index (χ0n) is 10.9. The third-order valence-corrected chi connectivity index (χ3v) is 2.61. The molecular weight excluding hydrogens is 250 g/mol. The molecule has 0 atom stereocenters. The van der Waals surface area contributed by atoms with Crippen LogP contribution in [0.2, 0.25) is 0 Å². The van der Waals surface area contributed by atoms with Gasteiger partial charge in [-0.15, -0.1) is 5.10 Å². The first-order chi connectivity index (χ1) is 9.04. The van der Waals surface area contributed by atoms with Crippen molar-refractivity contribution in [2.75, 3.05) is 0 Å². The van der Waals surface area contributed by atoms with Crippen molar-refractivity contribution in [2.24, 2.45) is 0 Å². The Bertz CT molecular complexity index is 551. The lowest BCUT2D eigenvalue weighted by Gasteiger charge is -2.04. The van der Waals surface area contributed by atoms with Crippen LogP contribution < -0.4 is 5.32 Å². The predicted molar refractivity (Wildman–Crippen MR) is 67.5 cm³/mol. The molecule has 0 radical (unpaired) electrons. The highest BCUT2D eigenvalue weighted by Crippen LogP contribution is 2.09. The van der Waals surface area contributed by atoms with Gasteiger partial charge in [0.15, 0.2) is 11.6 Å². The van der Waals surface area contributed by atoms with Gasteiger partial charge in [-0.3, -0.25) is 0 Å². The zero-order chi connectivity index (χ0) is 13.8. The van der Waals surface area contributed by atoms with E-state index in [0.29, 0.717) is 24.7 Å². The highest BCUT2D eigenvalue weighted by molar-refractivity contribution is 5.18. The maximum absolute atomic E-state index is 13.1. The second-order valence-electron chi connectivity index (χ2n) is 4.69. The number of aromatic nitrogens is 3. The molecule has 2 rings (SSSR count). The summed E-state index contributed by atoms with van der Waals surface area (Å²) in [7, 11) is 0. The molecule has 19 heavy (non-hydrogen) atoms. The molecule has 0 spiro atoms. The summed E-state index contributed by atoms with van der Waals surface area (Å²) in [5.74, 6) is -1.69. The lowest BCUT2D eigenvalue weighted by molar-refractivity contribution is 0.505. The van der Waals surface area contributed by atoms with Crippen molar-refractivity contribution in [3.63, 3.8) is 0 Å². The molecular formula is C13H16F2N4. The molecule has 2 aromatic rings. The summed E-state index contributed by atoms with van der Waals surface area (Å²) in [6.45, 7) is 5.10. The topological polar surface area (TPSA) is 42.7 Å². The maximum atomic E-state index is 13.1. The molecule has 6 heteroatoms. The number of halogens is 2. The number of benzene rings is 1. The normalized spacial score (nSPS) is 11.2. The second-order valence-corrected chi connectivity index (χ2v) is 4.69. The van der Waals surface area contributed by atoms with Crippen LogP contribution in [0.25, 0.3) is 0 Å². The fourth-order valence-corrected chi connectivity index (χ4v) is 1.63. The molecule has 0 aliphatic rings. The molecule has 1 aromatic carbocycles. The molecule has 1 heterocycles. The fraction of sp³-hybridized carbons (Fsp3) is 0.385. The van der Waals surface area contributed by atoms with Gasteiger partial charge in [0.05, 0.1) is 18.4 Å². The molecule has 0 saturated heterocycles. The van der Waals surface area contributed by atoms with Crippen LogP contribution in [-0.4, -0.2) is 21.0 Å². The molecule has 0 saturated carbocycles. The van der Waals surface area contributed by atoms with Crippen molar-refractivity contribution in [2.45, 2.75) is 33.0 Å². The summed E-state index contributed by atoms with van der Waals surface area (Å²) in [6.07, 6.45) is 1.79. The smallest absolute Gasteiger partial charge is 0.159 e. The van der Waals surface area contributed by atoms with Crippen LogP contribution in [-0.2, 0) is 13.1 Å². The van der Waals surface area contributed by atoms with E-state index < -0.39 is 11.6 Å². The summed E-state index contributed by atoms with van der Waals surface area (Å²) in [4.78, 5) is 0. The van der Waals surface area contributed by atoms with Gasteiger partial charge >= 0.3 is 0 Å². The van der Waals surface area contributed by atoms with E-state index in [-0.39, 0.29) is 0 Å². The molecule has 0 aliphatic carbocycles. The highest BCUT2D eigenvalue weighted by atomic mass is 19.2. The van der Waals surface area contributed by atoms with Gasteiger partial charge in [-0.1, -0.05) is 25.1 Å². The summed E-state index contributed by atoms with van der Waals surface area (Å²) in [5, 5.41) is 11.2. The van der Waals surface area contributed by atoms with Crippen LogP contribution in [0.15, 0.2) is 24.4 Å². The molecule has 1 N–H and O–H groups in total. The summed E-state index contributed by atoms with van der Waals surface area (Å²) >= 11 is 0. The van der Waals surface area contributed by atoms with E-state index in [1.165, 1.54) is 12.1 Å². The Balaban J connectivity index is 2.01. The van der Waals surface area contributed by atoms with Crippen LogP contribution >= 0.6 is 0 Å². The first-order valence-electron chi connectivity index (χ1n) is 6.11. The molecule has 0 amide bonds. The molecule has 0 aliphatic heterocycles. The van der Waals surface area contributed by atoms with Crippen molar-refractivity contribution >= 4 is 0 Å². The maximum Gasteiger partial charge on any atom is 0.159 e. The third-order valence-electron chi connectivity index (χ3n) is 2.61. The Hall–Kier alpha value is -1.82. The van der Waals surface area contributed by atoms with Crippen LogP contribution in [0.4, 0.5) is 8.78 Å². The van der Waals surface area contributed by atoms with Gasteiger partial charge in [0.1, 0.15) is 0 Å². The number of nitrogens with one attached hydrogen (secondary N) is 1. The average Bonchev–Trinajstić information content (AvgIpc) is 2.79. The van der Waals surface area contributed by atoms with Crippen LogP contribution in [0.3, 0.4) is 0 Å². The Morgan fingerprint density at radius 3 is 2.74 bits per heavy atom. The third kappa shape index (κ3) is 3.82. The van der Waals surface area contributed by atoms with Gasteiger partial charge in [-0.25, -0.2) is 13.5 Å². The van der Waals surface area contributed by atoms with Gasteiger partial charge in [-0.2, -0.15) is 0 Å². The lowest BCUT2D eigenvalue weighted by atomic mass is 10.2. The van der Waals surface area contributed by atoms with Gasteiger partial charge in [0, 0.05) is 12.6 Å². The van der Waals surface area contributed by atoms with Crippen molar-refractivity contribution in [1.82, 2.24) is 20.3 Å². The quantitative estimate of drug-likeness (QED) is 0.901. The molecule has 4 nitrogen and oxygen atoms in total. The Morgan fingerprint density at radius 1 is 1.26 bits per heavy atom. The predicted octanol–water partition coefficient (Wildman–Crippen LogP) is 2.10. The Kier molecular flexibility index (Phi) is 4.21. The SMILES string of the molecule is CC(C)NCc1cn(Cc2ccc(F)c(F)c2)nn1. The van der Waals surface area contributed by atoms with Gasteiger partial charge < -0.3 is 5.32 Å². The van der Waals surface area contributed by atoms with E-state index in [4.69, 9.17) is 0 Å². The largest absolute Gasteiger partial charge is 0.309 e. The summed E-state index contributed by atoms with van der Waals surface area (Å²) < 4.78 is 27.5. The molecule has 0 fully saturated rings. The minimum atomic E-state index is -0.848. The minimum absolute atomic E-state index is 0.367. The molecule has 0 unspecified atom stereocenters. The molecule has 0 bridgehead atoms. The lowest BCUT2D eigenvalue weighted by Crippen LogP contribution is -2.21. The van der Waals surface area contributed by atoms with Crippen molar-refractivity contribution in [3.8, 4) is 0 Å². The Morgan fingerprint density at radius 2 is 2.05 bits per heavy atom. The van der Waals surface area contributed by atoms with Crippen LogP contribution in [0, 0.1) is 11.6 Å². The monoisotopic (exact) mass is 266 g/mol. The van der Waals surface area contributed by atoms with E-state index in [2.05, 4.69) is 15.6 Å². The fourth-order valence-electron chi connectivity index (χ4n) is 1.63. The van der Waals surface area contributed by atoms with E-state index >= 15 is 0 Å². The van der Waals surface area contributed by atoms with Crippen LogP contribution in [0.5, 0.6) is 0 Å². The van der Waals surface area contributed by atoms with Gasteiger partial charge in [0.2, 0.25) is 0 Å². The minimum Gasteiger partial charge on any atom is -0.309 e. The number of hydrogen-bond acceptors (Lipinski definition) is 3. The van der Waals surface area contributed by atoms with Crippen molar-refractivity contribution in [3.05, 3.63) is 47.3 Å². The second kappa shape index (κ2) is 5.88. The highest BCUT2D eigenvalue weighted by Gasteiger charge is 2.05. The van der Waals surface area contributed by atoms with E-state index in [9.17, 15) is 8.78 Å².